The molecule has 0 spiro atoms. The van der Waals surface area contributed by atoms with Gasteiger partial charge in [0.1, 0.15) is 12.9 Å². The number of oxime groups is 1. The largest absolute Gasteiger partial charge is 0.535 e. The molecule has 0 saturated carbocycles. The number of nitrogen functional groups attached to an aromatic ring is 1. The number of rotatable bonds is 6. The van der Waals surface area contributed by atoms with Crippen LogP contribution in [0.3, 0.4) is 0 Å². The molecular weight excluding hydrogens is 375 g/mol. The van der Waals surface area contributed by atoms with E-state index in [9.17, 15) is 19.7 Å². The lowest BCUT2D eigenvalue weighted by atomic mass is 9.64. The second-order valence-corrected chi connectivity index (χ2v) is 6.56. The first kappa shape index (κ1) is 18.8. The number of hydrogen-bond acceptors (Lipinski definition) is 10. The summed E-state index contributed by atoms with van der Waals surface area (Å²) in [5.41, 5.74) is 5.99. The molecule has 10 nitrogen and oxygen atoms in total. The Kier molecular flexibility index (Phi) is 5.37. The Balaban J connectivity index is 1.81. The van der Waals surface area contributed by atoms with E-state index < -0.39 is 24.7 Å². The van der Waals surface area contributed by atoms with Gasteiger partial charge in [-0.25, -0.2) is 4.79 Å². The van der Waals surface area contributed by atoms with Gasteiger partial charge in [0, 0.05) is 23.8 Å². The number of carboxylic acids is 1. The third-order valence-electron chi connectivity index (χ3n) is 4.00. The quantitative estimate of drug-likeness (QED) is 0.365. The molecule has 140 valence electrons. The summed E-state index contributed by atoms with van der Waals surface area (Å²) >= 11 is 0.916. The minimum absolute atomic E-state index is 0.0416. The number of anilines is 1. The van der Waals surface area contributed by atoms with E-state index in [-0.39, 0.29) is 40.8 Å². The van der Waals surface area contributed by atoms with Crippen molar-refractivity contribution in [2.75, 3.05) is 12.8 Å². The fourth-order valence-corrected chi connectivity index (χ4v) is 3.23. The molecule has 1 atom stereocenters. The van der Waals surface area contributed by atoms with Gasteiger partial charge in [0.05, 0.1) is 5.56 Å². The topological polar surface area (TPSA) is 157 Å². The number of ketones is 1. The molecule has 1 aliphatic heterocycles. The Morgan fingerprint density at radius 2 is 2.30 bits per heavy atom. The van der Waals surface area contributed by atoms with E-state index in [1.807, 2.05) is 0 Å². The number of carboxylic acid groups (broad SMARTS) is 1. The SMILES string of the molecule is CO/N=C(\C(=O)C[C@H]1Cc2cccc(C(=O)O)c2OB1O)c1nsc(N)n1. The molecule has 1 aromatic heterocycles. The number of benzene rings is 1. The van der Waals surface area contributed by atoms with Crippen LogP contribution in [0.5, 0.6) is 5.75 Å². The van der Waals surface area contributed by atoms with E-state index in [0.29, 0.717) is 5.56 Å². The number of Topliss-reactive ketones (excluding diaryl/α,β-unsaturated/α-hetero) is 1. The van der Waals surface area contributed by atoms with Gasteiger partial charge >= 0.3 is 13.1 Å². The Labute approximate surface area is 157 Å². The van der Waals surface area contributed by atoms with E-state index in [1.54, 1.807) is 12.1 Å². The van der Waals surface area contributed by atoms with Crippen molar-refractivity contribution in [2.45, 2.75) is 18.7 Å². The maximum absolute atomic E-state index is 12.7. The van der Waals surface area contributed by atoms with Gasteiger partial charge in [-0.1, -0.05) is 17.3 Å². The number of carbonyl (C=O) groups excluding carboxylic acids is 1. The van der Waals surface area contributed by atoms with Crippen LogP contribution in [0.25, 0.3) is 0 Å². The van der Waals surface area contributed by atoms with Crippen molar-refractivity contribution in [3.63, 3.8) is 0 Å². The first-order valence-electron chi connectivity index (χ1n) is 7.84. The van der Waals surface area contributed by atoms with Crippen molar-refractivity contribution in [2.24, 2.45) is 5.16 Å². The molecule has 3 rings (SSSR count). The zero-order valence-corrected chi connectivity index (χ0v) is 15.0. The molecule has 0 radical (unpaired) electrons. The Bertz CT molecular complexity index is 917. The first-order chi connectivity index (χ1) is 12.9. The molecule has 0 bridgehead atoms. The Morgan fingerprint density at radius 1 is 1.52 bits per heavy atom. The molecule has 0 aliphatic carbocycles. The maximum Gasteiger partial charge on any atom is 0.526 e. The van der Waals surface area contributed by atoms with E-state index in [4.69, 9.17) is 15.2 Å². The fraction of sp³-hybridized carbons (Fsp3) is 0.267. The van der Waals surface area contributed by atoms with Crippen LogP contribution < -0.4 is 10.4 Å². The smallest absolute Gasteiger partial charge is 0.526 e. The van der Waals surface area contributed by atoms with Crippen LogP contribution in [-0.4, -0.2) is 51.2 Å². The predicted octanol–water partition coefficient (Wildman–Crippen LogP) is 0.614. The molecule has 2 aromatic rings. The summed E-state index contributed by atoms with van der Waals surface area (Å²) in [4.78, 5) is 32.6. The number of fused-ring (bicyclic) bond motifs is 1. The highest BCUT2D eigenvalue weighted by Gasteiger charge is 2.39. The molecule has 4 N–H and O–H groups in total. The minimum atomic E-state index is -1.35. The number of aromatic carboxylic acids is 1. The van der Waals surface area contributed by atoms with Gasteiger partial charge in [-0.05, 0) is 18.1 Å². The van der Waals surface area contributed by atoms with Crippen molar-refractivity contribution < 1.29 is 29.2 Å². The number of carbonyl (C=O) groups is 2. The molecule has 2 heterocycles. The highest BCUT2D eigenvalue weighted by atomic mass is 32.1. The van der Waals surface area contributed by atoms with Gasteiger partial charge in [0.15, 0.2) is 16.6 Å². The number of hydrogen-bond donors (Lipinski definition) is 3. The van der Waals surface area contributed by atoms with Gasteiger partial charge in [-0.15, -0.1) is 0 Å². The second-order valence-electron chi connectivity index (χ2n) is 5.78. The molecule has 0 saturated heterocycles. The highest BCUT2D eigenvalue weighted by molar-refractivity contribution is 7.09. The molecule has 1 aromatic carbocycles. The Hall–Kier alpha value is -2.99. The number of para-hydroxylation sites is 1. The molecule has 0 unspecified atom stereocenters. The summed E-state index contributed by atoms with van der Waals surface area (Å²) < 4.78 is 9.34. The molecule has 0 amide bonds. The van der Waals surface area contributed by atoms with Gasteiger partial charge < -0.3 is 25.4 Å². The molecule has 0 fully saturated rings. The summed E-state index contributed by atoms with van der Waals surface area (Å²) in [6, 6.07) is 4.67. The molecule has 27 heavy (non-hydrogen) atoms. The van der Waals surface area contributed by atoms with E-state index in [0.717, 1.165) is 11.5 Å². The summed E-state index contributed by atoms with van der Waals surface area (Å²) in [6.07, 6.45) is 0.134. The molecule has 1 aliphatic rings. The zero-order chi connectivity index (χ0) is 19.6. The van der Waals surface area contributed by atoms with Crippen molar-refractivity contribution in [3.05, 3.63) is 35.2 Å². The van der Waals surface area contributed by atoms with E-state index in [1.165, 1.54) is 13.2 Å². The van der Waals surface area contributed by atoms with Crippen molar-refractivity contribution in [1.82, 2.24) is 9.36 Å². The summed E-state index contributed by atoms with van der Waals surface area (Å²) in [6.45, 7) is 0. The highest BCUT2D eigenvalue weighted by Crippen LogP contribution is 2.36. The lowest BCUT2D eigenvalue weighted by Gasteiger charge is -2.27. The maximum atomic E-state index is 12.7. The van der Waals surface area contributed by atoms with E-state index in [2.05, 4.69) is 14.5 Å². The number of nitrogens with zero attached hydrogens (tertiary/aromatic N) is 3. The summed E-state index contributed by atoms with van der Waals surface area (Å²) in [5.74, 6) is -2.06. The molecular formula is C15H15BN4O6S. The van der Waals surface area contributed by atoms with E-state index >= 15 is 0 Å². The summed E-state index contributed by atoms with van der Waals surface area (Å²) in [7, 11) is -0.0650. The number of nitrogens with two attached hydrogens (primary N) is 1. The van der Waals surface area contributed by atoms with Gasteiger partial charge in [0.2, 0.25) is 5.82 Å². The van der Waals surface area contributed by atoms with Crippen molar-refractivity contribution in [1.29, 1.82) is 0 Å². The van der Waals surface area contributed by atoms with Crippen LogP contribution in [-0.2, 0) is 16.1 Å². The fourth-order valence-electron chi connectivity index (χ4n) is 2.80. The third-order valence-corrected chi connectivity index (χ3v) is 4.54. The van der Waals surface area contributed by atoms with Crippen molar-refractivity contribution >= 4 is 41.2 Å². The zero-order valence-electron chi connectivity index (χ0n) is 14.2. The second kappa shape index (κ2) is 7.72. The van der Waals surface area contributed by atoms with Crippen LogP contribution in [0.15, 0.2) is 23.4 Å². The van der Waals surface area contributed by atoms with Crippen LogP contribution >= 0.6 is 11.5 Å². The average molecular weight is 390 g/mol. The Morgan fingerprint density at radius 3 is 2.93 bits per heavy atom. The lowest BCUT2D eigenvalue weighted by molar-refractivity contribution is -0.113. The average Bonchev–Trinajstić information content (AvgIpc) is 3.05. The lowest BCUT2D eigenvalue weighted by Crippen LogP contribution is -2.37. The van der Waals surface area contributed by atoms with Crippen LogP contribution in [0.4, 0.5) is 5.13 Å². The van der Waals surface area contributed by atoms with Crippen LogP contribution in [0, 0.1) is 0 Å². The van der Waals surface area contributed by atoms with Crippen LogP contribution in [0.1, 0.15) is 28.2 Å². The van der Waals surface area contributed by atoms with Gasteiger partial charge in [-0.2, -0.15) is 9.36 Å². The minimum Gasteiger partial charge on any atom is -0.535 e. The normalized spacial score (nSPS) is 16.4. The number of aromatic nitrogens is 2. The van der Waals surface area contributed by atoms with Crippen molar-refractivity contribution in [3.8, 4) is 5.75 Å². The standard InChI is InChI=1S/C15H15BN4O6S/c1-25-19-11(13-18-15(17)27-20-13)10(21)6-8-5-7-3-2-4-9(14(22)23)12(7)26-16(8)24/h2-4,8,24H,5-6H2,1H3,(H,22,23)(H2,17,18,20)/b19-11+/t8-/m1/s1. The van der Waals surface area contributed by atoms with Crippen LogP contribution in [0.2, 0.25) is 5.82 Å². The first-order valence-corrected chi connectivity index (χ1v) is 8.61. The molecule has 12 heteroatoms. The predicted molar refractivity (Wildman–Crippen MR) is 96.9 cm³/mol. The third kappa shape index (κ3) is 3.91. The monoisotopic (exact) mass is 390 g/mol. The van der Waals surface area contributed by atoms with Gasteiger partial charge in [0.25, 0.3) is 0 Å². The van der Waals surface area contributed by atoms with Gasteiger partial charge in [-0.3, -0.25) is 4.79 Å². The summed E-state index contributed by atoms with van der Waals surface area (Å²) in [5, 5.41) is 23.4.